The van der Waals surface area contributed by atoms with Gasteiger partial charge < -0.3 is 19.7 Å². The molecule has 6 nitrogen and oxygen atoms in total. The third-order valence-corrected chi connectivity index (χ3v) is 4.40. The molecule has 1 saturated heterocycles. The molecule has 2 atom stereocenters. The minimum Gasteiger partial charge on any atom is -0.379 e. The van der Waals surface area contributed by atoms with Crippen LogP contribution in [0.3, 0.4) is 0 Å². The zero-order chi connectivity index (χ0) is 19.1. The van der Waals surface area contributed by atoms with Crippen molar-refractivity contribution in [1.82, 2.24) is 10.2 Å². The van der Waals surface area contributed by atoms with Gasteiger partial charge in [0.15, 0.2) is 0 Å². The van der Waals surface area contributed by atoms with Gasteiger partial charge in [-0.2, -0.15) is 0 Å². The first-order valence-electron chi connectivity index (χ1n) is 9.16. The van der Waals surface area contributed by atoms with Crippen LogP contribution in [-0.4, -0.2) is 62.8 Å². The van der Waals surface area contributed by atoms with Gasteiger partial charge in [0.05, 0.1) is 12.6 Å². The van der Waals surface area contributed by atoms with E-state index in [1.54, 1.807) is 14.1 Å². The lowest BCUT2D eigenvalue weighted by Gasteiger charge is -2.32. The topological polar surface area (TPSA) is 67.9 Å². The highest BCUT2D eigenvalue weighted by atomic mass is 16.5. The summed E-state index contributed by atoms with van der Waals surface area (Å²) in [5.74, 6) is 0.349. The number of carbonyl (C=O) groups excluding carboxylic acids is 2. The van der Waals surface area contributed by atoms with E-state index in [2.05, 4.69) is 19.2 Å². The summed E-state index contributed by atoms with van der Waals surface area (Å²) in [6.07, 6.45) is 1.34. The summed E-state index contributed by atoms with van der Waals surface area (Å²) in [5.41, 5.74) is 1.86. The number of hydrogen-bond donors (Lipinski definition) is 1. The molecule has 0 aromatic heterocycles. The van der Waals surface area contributed by atoms with E-state index < -0.39 is 0 Å². The number of rotatable bonds is 7. The van der Waals surface area contributed by atoms with Gasteiger partial charge in [-0.1, -0.05) is 26.0 Å². The zero-order valence-electron chi connectivity index (χ0n) is 16.2. The summed E-state index contributed by atoms with van der Waals surface area (Å²) in [5, 5.41) is 3.03. The Morgan fingerprint density at radius 2 is 1.96 bits per heavy atom. The lowest BCUT2D eigenvalue weighted by atomic mass is 10.0. The molecule has 0 spiro atoms. The number of amides is 2. The SMILES string of the molecule is CC(C)Cc1ccc(C(=O)N[C@@H]2CCOC[C@H]2OCC(=O)N(C)C)cc1. The van der Waals surface area contributed by atoms with Crippen molar-refractivity contribution in [3.8, 4) is 0 Å². The van der Waals surface area contributed by atoms with Crippen molar-refractivity contribution < 1.29 is 19.1 Å². The van der Waals surface area contributed by atoms with E-state index in [0.717, 1.165) is 6.42 Å². The molecule has 1 fully saturated rings. The van der Waals surface area contributed by atoms with E-state index in [-0.39, 0.29) is 30.6 Å². The Morgan fingerprint density at radius 1 is 1.27 bits per heavy atom. The normalized spacial score (nSPS) is 20.0. The van der Waals surface area contributed by atoms with Crippen LogP contribution in [0.4, 0.5) is 0 Å². The highest BCUT2D eigenvalue weighted by Gasteiger charge is 2.29. The van der Waals surface area contributed by atoms with Crippen LogP contribution in [0.15, 0.2) is 24.3 Å². The smallest absolute Gasteiger partial charge is 0.251 e. The van der Waals surface area contributed by atoms with Gasteiger partial charge in [0.2, 0.25) is 5.91 Å². The summed E-state index contributed by atoms with van der Waals surface area (Å²) in [6.45, 7) is 5.27. The Kier molecular flexibility index (Phi) is 7.60. The van der Waals surface area contributed by atoms with E-state index in [1.807, 2.05) is 24.3 Å². The van der Waals surface area contributed by atoms with Crippen LogP contribution in [0.2, 0.25) is 0 Å². The van der Waals surface area contributed by atoms with Crippen molar-refractivity contribution in [2.45, 2.75) is 38.8 Å². The second kappa shape index (κ2) is 9.69. The molecule has 0 unspecified atom stereocenters. The summed E-state index contributed by atoms with van der Waals surface area (Å²) in [7, 11) is 3.37. The minimum absolute atomic E-state index is 0.0166. The third kappa shape index (κ3) is 6.11. The molecule has 1 aromatic carbocycles. The fourth-order valence-electron chi connectivity index (χ4n) is 2.86. The monoisotopic (exact) mass is 362 g/mol. The maximum absolute atomic E-state index is 12.6. The Hall–Kier alpha value is -1.92. The molecule has 1 N–H and O–H groups in total. The quantitative estimate of drug-likeness (QED) is 0.804. The molecule has 2 rings (SSSR count). The summed E-state index contributed by atoms with van der Waals surface area (Å²) >= 11 is 0. The number of nitrogens with zero attached hydrogens (tertiary/aromatic N) is 1. The lowest BCUT2D eigenvalue weighted by Crippen LogP contribution is -2.50. The van der Waals surface area contributed by atoms with Gasteiger partial charge in [0.25, 0.3) is 5.91 Å². The molecule has 144 valence electrons. The summed E-state index contributed by atoms with van der Waals surface area (Å²) in [4.78, 5) is 25.8. The number of hydrogen-bond acceptors (Lipinski definition) is 4. The second-order valence-electron chi connectivity index (χ2n) is 7.38. The molecule has 26 heavy (non-hydrogen) atoms. The maximum atomic E-state index is 12.6. The molecule has 1 aliphatic heterocycles. The Bertz CT molecular complexity index is 598. The van der Waals surface area contributed by atoms with Gasteiger partial charge in [-0.3, -0.25) is 9.59 Å². The summed E-state index contributed by atoms with van der Waals surface area (Å²) in [6, 6.07) is 7.56. The van der Waals surface area contributed by atoms with Crippen LogP contribution in [0.25, 0.3) is 0 Å². The number of ether oxygens (including phenoxy) is 2. The maximum Gasteiger partial charge on any atom is 0.251 e. The number of carbonyl (C=O) groups is 2. The Morgan fingerprint density at radius 3 is 2.58 bits per heavy atom. The molecule has 1 heterocycles. The average Bonchev–Trinajstić information content (AvgIpc) is 2.60. The standard InChI is InChI=1S/C20H30N2O4/c1-14(2)11-15-5-7-16(8-6-15)20(24)21-17-9-10-25-12-18(17)26-13-19(23)22(3)4/h5-8,14,17-18H,9-13H2,1-4H3,(H,21,24)/t17-,18-/m1/s1. The van der Waals surface area contributed by atoms with E-state index in [9.17, 15) is 9.59 Å². The molecule has 0 aliphatic carbocycles. The molecule has 0 bridgehead atoms. The first-order chi connectivity index (χ1) is 12.4. The highest BCUT2D eigenvalue weighted by molar-refractivity contribution is 5.94. The minimum atomic E-state index is -0.322. The van der Waals surface area contributed by atoms with E-state index >= 15 is 0 Å². The Labute approximate surface area is 155 Å². The lowest BCUT2D eigenvalue weighted by molar-refractivity contribution is -0.140. The molecule has 0 saturated carbocycles. The van der Waals surface area contributed by atoms with Crippen LogP contribution in [-0.2, 0) is 20.7 Å². The highest BCUT2D eigenvalue weighted by Crippen LogP contribution is 2.14. The van der Waals surface area contributed by atoms with Crippen LogP contribution in [0, 0.1) is 5.92 Å². The third-order valence-electron chi connectivity index (χ3n) is 4.40. The van der Waals surface area contributed by atoms with Gasteiger partial charge in [-0.05, 0) is 36.5 Å². The van der Waals surface area contributed by atoms with Crippen LogP contribution in [0.1, 0.15) is 36.2 Å². The van der Waals surface area contributed by atoms with Gasteiger partial charge in [-0.25, -0.2) is 0 Å². The second-order valence-corrected chi connectivity index (χ2v) is 7.38. The predicted molar refractivity (Wildman–Crippen MR) is 100 cm³/mol. The van der Waals surface area contributed by atoms with E-state index in [0.29, 0.717) is 31.1 Å². The predicted octanol–water partition coefficient (Wildman–Crippen LogP) is 1.88. The molecule has 2 amide bonds. The zero-order valence-corrected chi connectivity index (χ0v) is 16.2. The molecule has 1 aliphatic rings. The fraction of sp³-hybridized carbons (Fsp3) is 0.600. The molecular formula is C20H30N2O4. The first-order valence-corrected chi connectivity index (χ1v) is 9.16. The van der Waals surface area contributed by atoms with Crippen molar-refractivity contribution in [1.29, 1.82) is 0 Å². The Balaban J connectivity index is 1.93. The average molecular weight is 362 g/mol. The molecular weight excluding hydrogens is 332 g/mol. The van der Waals surface area contributed by atoms with Crippen molar-refractivity contribution >= 4 is 11.8 Å². The van der Waals surface area contributed by atoms with Crippen molar-refractivity contribution in [2.75, 3.05) is 33.9 Å². The van der Waals surface area contributed by atoms with Gasteiger partial charge in [-0.15, -0.1) is 0 Å². The van der Waals surface area contributed by atoms with E-state index in [4.69, 9.17) is 9.47 Å². The van der Waals surface area contributed by atoms with Crippen molar-refractivity contribution in [2.24, 2.45) is 5.92 Å². The number of benzene rings is 1. The van der Waals surface area contributed by atoms with Crippen LogP contribution in [0.5, 0.6) is 0 Å². The van der Waals surface area contributed by atoms with Crippen LogP contribution >= 0.6 is 0 Å². The molecule has 1 aromatic rings. The van der Waals surface area contributed by atoms with Crippen LogP contribution < -0.4 is 5.32 Å². The van der Waals surface area contributed by atoms with Gasteiger partial charge in [0.1, 0.15) is 12.7 Å². The first kappa shape index (κ1) is 20.4. The van der Waals surface area contributed by atoms with E-state index in [1.165, 1.54) is 10.5 Å². The van der Waals surface area contributed by atoms with Gasteiger partial charge in [0, 0.05) is 26.3 Å². The van der Waals surface area contributed by atoms with Crippen molar-refractivity contribution in [3.63, 3.8) is 0 Å². The van der Waals surface area contributed by atoms with Gasteiger partial charge >= 0.3 is 0 Å². The van der Waals surface area contributed by atoms with Crippen molar-refractivity contribution in [3.05, 3.63) is 35.4 Å². The number of likely N-dealkylation sites (N-methyl/N-ethyl adjacent to an activating group) is 1. The molecule has 6 heteroatoms. The summed E-state index contributed by atoms with van der Waals surface area (Å²) < 4.78 is 11.1. The molecule has 0 radical (unpaired) electrons. The fourth-order valence-corrected chi connectivity index (χ4v) is 2.86. The number of nitrogens with one attached hydrogen (secondary N) is 1. The largest absolute Gasteiger partial charge is 0.379 e.